The van der Waals surface area contributed by atoms with Crippen LogP contribution in [0.4, 0.5) is 0 Å². The van der Waals surface area contributed by atoms with Gasteiger partial charge in [-0.15, -0.1) is 0 Å². The van der Waals surface area contributed by atoms with Gasteiger partial charge in [0.1, 0.15) is 6.29 Å². The van der Waals surface area contributed by atoms with Gasteiger partial charge in [0, 0.05) is 11.3 Å². The Morgan fingerprint density at radius 2 is 1.65 bits per heavy atom. The lowest BCUT2D eigenvalue weighted by Crippen LogP contribution is -2.69. The number of allylic oxidation sites excluding steroid dienone is 1. The summed E-state index contributed by atoms with van der Waals surface area (Å²) in [6.45, 7) is 12.5. The Hall–Kier alpha value is -3.36. The molecule has 0 amide bonds. The molecule has 0 radical (unpaired) electrons. The van der Waals surface area contributed by atoms with E-state index in [0.29, 0.717) is 51.4 Å². The number of phenolic OH excluding ortho intramolecular Hbond substituents is 2. The van der Waals surface area contributed by atoms with E-state index < -0.39 is 51.2 Å². The smallest absolute Gasteiger partial charge is 0.338 e. The molecule has 1 aromatic rings. The van der Waals surface area contributed by atoms with Crippen LogP contribution in [0.1, 0.15) is 95.8 Å². The maximum absolute atomic E-state index is 13.9. The second kappa shape index (κ2) is 10.6. The molecular weight excluding hydrogens is 588 g/mol. The quantitative estimate of drug-likeness (QED) is 0.114. The van der Waals surface area contributed by atoms with E-state index in [1.165, 1.54) is 12.1 Å². The minimum atomic E-state index is -1.21. The molecular formula is C37H48O9. The largest absolute Gasteiger partial charge is 0.504 e. The van der Waals surface area contributed by atoms with Crippen molar-refractivity contribution in [2.45, 2.75) is 85.5 Å². The lowest BCUT2D eigenvalue weighted by molar-refractivity contribution is -0.245. The van der Waals surface area contributed by atoms with Gasteiger partial charge in [0.2, 0.25) is 0 Å². The van der Waals surface area contributed by atoms with E-state index in [2.05, 4.69) is 27.4 Å². The highest BCUT2D eigenvalue weighted by molar-refractivity contribution is 5.90. The van der Waals surface area contributed by atoms with Gasteiger partial charge in [0.05, 0.1) is 23.0 Å². The number of hydrogen-bond acceptors (Lipinski definition) is 7. The van der Waals surface area contributed by atoms with Crippen molar-refractivity contribution in [2.24, 2.45) is 62.6 Å². The fourth-order valence-electron chi connectivity index (χ4n) is 12.7. The first kappa shape index (κ1) is 32.6. The standard InChI is InChI=1S/C37H48O9/c1-20(2)23-10-13-35(31(42)43)14-15-37(32(44)45)24(29(23)35)7-9-28-34(37,5)12-11-27-33(3,4)17-22(18-38)36(27,28)19-46-30(41)21-6-8-25(39)26(40)16-21/h6,8,16,18,22-24,27-29,39-40H,1,7,9-15,17,19H2,2-5H3,(H,42,43)(H,44,45)/t22?,23-,24+,27-,28-,29+,34+,35-,36-,37+/m0/s1. The Morgan fingerprint density at radius 3 is 2.26 bits per heavy atom. The number of ether oxygens (including phenoxy) is 1. The average Bonchev–Trinajstić information content (AvgIpc) is 3.51. The zero-order valence-corrected chi connectivity index (χ0v) is 27.4. The van der Waals surface area contributed by atoms with Crippen LogP contribution in [0.25, 0.3) is 0 Å². The number of aliphatic carboxylic acids is 2. The van der Waals surface area contributed by atoms with Gasteiger partial charge in [-0.1, -0.05) is 32.9 Å². The number of hydrogen-bond donors (Lipinski definition) is 4. The van der Waals surface area contributed by atoms with Crippen molar-refractivity contribution in [1.29, 1.82) is 0 Å². The number of carboxylic acid groups (broad SMARTS) is 2. The topological polar surface area (TPSA) is 158 Å². The molecule has 4 N–H and O–H groups in total. The van der Waals surface area contributed by atoms with Crippen LogP contribution >= 0.6 is 0 Å². The predicted molar refractivity (Wildman–Crippen MR) is 168 cm³/mol. The summed E-state index contributed by atoms with van der Waals surface area (Å²) in [6.07, 6.45) is 5.77. The molecule has 0 bridgehead atoms. The lowest BCUT2D eigenvalue weighted by atomic mass is 9.33. The van der Waals surface area contributed by atoms with E-state index in [9.17, 15) is 39.6 Å². The highest BCUT2D eigenvalue weighted by Crippen LogP contribution is 2.79. The number of carboxylic acids is 2. The Labute approximate surface area is 270 Å². The van der Waals surface area contributed by atoms with E-state index in [1.807, 2.05) is 6.92 Å². The zero-order chi connectivity index (χ0) is 33.6. The number of phenols is 2. The van der Waals surface area contributed by atoms with Gasteiger partial charge in [-0.3, -0.25) is 9.59 Å². The van der Waals surface area contributed by atoms with Crippen molar-refractivity contribution >= 4 is 24.2 Å². The molecule has 0 heterocycles. The van der Waals surface area contributed by atoms with E-state index >= 15 is 0 Å². The average molecular weight is 637 g/mol. The highest BCUT2D eigenvalue weighted by Gasteiger charge is 2.78. The minimum Gasteiger partial charge on any atom is -0.504 e. The SMILES string of the molecule is C=C(C)[C@@H]1CC[C@]2(C(=O)O)CC[C@]3(C(=O)O)[C@H](CC[C@@H]4[C@@]5(COC(=O)c6ccc(O)c(O)c6)C(C=O)CC(C)(C)[C@@H]5CC[C@]43C)[C@@H]12. The third-order valence-electron chi connectivity index (χ3n) is 14.5. The summed E-state index contributed by atoms with van der Waals surface area (Å²) in [6, 6.07) is 3.74. The van der Waals surface area contributed by atoms with Crippen LogP contribution in [0.3, 0.4) is 0 Å². The van der Waals surface area contributed by atoms with Gasteiger partial charge in [-0.2, -0.15) is 0 Å². The predicted octanol–water partition coefficient (Wildman–Crippen LogP) is 6.47. The summed E-state index contributed by atoms with van der Waals surface area (Å²) in [4.78, 5) is 53.3. The maximum Gasteiger partial charge on any atom is 0.338 e. The number of fused-ring (bicyclic) bond motifs is 7. The van der Waals surface area contributed by atoms with E-state index in [-0.39, 0.29) is 59.3 Å². The molecule has 0 spiro atoms. The van der Waals surface area contributed by atoms with Crippen LogP contribution < -0.4 is 0 Å². The van der Waals surface area contributed by atoms with Crippen molar-refractivity contribution in [3.8, 4) is 11.5 Å². The zero-order valence-electron chi connectivity index (χ0n) is 27.4. The summed E-state index contributed by atoms with van der Waals surface area (Å²) in [5.41, 5.74) is -3.06. The number of carbonyl (C=O) groups is 4. The van der Waals surface area contributed by atoms with Crippen molar-refractivity contribution in [1.82, 2.24) is 0 Å². The lowest BCUT2D eigenvalue weighted by Gasteiger charge is -2.69. The van der Waals surface area contributed by atoms with Crippen molar-refractivity contribution in [3.05, 3.63) is 35.9 Å². The molecule has 10 atom stereocenters. The van der Waals surface area contributed by atoms with Gasteiger partial charge in [0.25, 0.3) is 0 Å². The Kier molecular flexibility index (Phi) is 7.49. The molecule has 1 unspecified atom stereocenters. The number of rotatable bonds is 7. The van der Waals surface area contributed by atoms with Crippen LogP contribution in [0.5, 0.6) is 11.5 Å². The third-order valence-corrected chi connectivity index (χ3v) is 14.5. The van der Waals surface area contributed by atoms with E-state index in [4.69, 9.17) is 4.74 Å². The molecule has 9 nitrogen and oxygen atoms in total. The summed E-state index contributed by atoms with van der Waals surface area (Å²) in [5.74, 6) is -4.70. The Morgan fingerprint density at radius 1 is 0.935 bits per heavy atom. The molecule has 0 aliphatic heterocycles. The van der Waals surface area contributed by atoms with Gasteiger partial charge in [-0.25, -0.2) is 4.79 Å². The molecule has 0 aromatic heterocycles. The Balaban J connectivity index is 1.46. The first-order chi connectivity index (χ1) is 21.5. The van der Waals surface area contributed by atoms with Crippen LogP contribution in [0.2, 0.25) is 0 Å². The molecule has 5 aliphatic rings. The van der Waals surface area contributed by atoms with Crippen LogP contribution in [0.15, 0.2) is 30.4 Å². The number of benzene rings is 1. The van der Waals surface area contributed by atoms with Crippen molar-refractivity contribution in [2.75, 3.05) is 6.61 Å². The Bertz CT molecular complexity index is 1500. The monoisotopic (exact) mass is 636 g/mol. The fourth-order valence-corrected chi connectivity index (χ4v) is 12.7. The number of aldehydes is 1. The van der Waals surface area contributed by atoms with Gasteiger partial charge < -0.3 is 30.0 Å². The number of carbonyl (C=O) groups excluding carboxylic acids is 2. The summed E-state index contributed by atoms with van der Waals surface area (Å²) < 4.78 is 6.05. The summed E-state index contributed by atoms with van der Waals surface area (Å²) in [5, 5.41) is 41.8. The van der Waals surface area contributed by atoms with Gasteiger partial charge >= 0.3 is 17.9 Å². The normalized spacial score (nSPS) is 42.1. The van der Waals surface area contributed by atoms with Crippen LogP contribution in [-0.2, 0) is 19.1 Å². The molecule has 250 valence electrons. The first-order valence-corrected chi connectivity index (χ1v) is 16.8. The van der Waals surface area contributed by atoms with Crippen LogP contribution in [-0.4, -0.2) is 51.2 Å². The molecule has 5 saturated carbocycles. The fraction of sp³-hybridized carbons (Fsp3) is 0.676. The van der Waals surface area contributed by atoms with Crippen molar-refractivity contribution < 1.29 is 44.3 Å². The second-order valence-corrected chi connectivity index (χ2v) is 16.3. The molecule has 6 rings (SSSR count). The van der Waals surface area contributed by atoms with E-state index in [0.717, 1.165) is 17.9 Å². The van der Waals surface area contributed by atoms with Gasteiger partial charge in [-0.05, 0) is 123 Å². The van der Waals surface area contributed by atoms with Crippen LogP contribution in [0, 0.1) is 62.6 Å². The maximum atomic E-state index is 13.9. The molecule has 1 aromatic carbocycles. The molecule has 46 heavy (non-hydrogen) atoms. The van der Waals surface area contributed by atoms with Gasteiger partial charge in [0.15, 0.2) is 11.5 Å². The molecule has 5 fully saturated rings. The second-order valence-electron chi connectivity index (χ2n) is 16.3. The van der Waals surface area contributed by atoms with E-state index in [1.54, 1.807) is 0 Å². The molecule has 0 saturated heterocycles. The number of esters is 1. The summed E-state index contributed by atoms with van der Waals surface area (Å²) >= 11 is 0. The minimum absolute atomic E-state index is 0.00644. The highest BCUT2D eigenvalue weighted by atomic mass is 16.5. The molecule has 5 aliphatic carbocycles. The third kappa shape index (κ3) is 4.05. The summed E-state index contributed by atoms with van der Waals surface area (Å²) in [7, 11) is 0. The van der Waals surface area contributed by atoms with Crippen molar-refractivity contribution in [3.63, 3.8) is 0 Å². The first-order valence-electron chi connectivity index (χ1n) is 16.8. The number of aromatic hydroxyl groups is 2. The molecule has 9 heteroatoms.